The summed E-state index contributed by atoms with van der Waals surface area (Å²) in [6, 6.07) is 15.8. The second-order valence-corrected chi connectivity index (χ2v) is 7.90. The molecule has 1 aliphatic heterocycles. The fraction of sp³-hybridized carbons (Fsp3) is 0.286. The molecular formula is C21H21NO3S. The van der Waals surface area contributed by atoms with Gasteiger partial charge in [-0.1, -0.05) is 24.3 Å². The van der Waals surface area contributed by atoms with Crippen LogP contribution in [0.25, 0.3) is 20.5 Å². The van der Waals surface area contributed by atoms with Gasteiger partial charge in [0.15, 0.2) is 0 Å². The maximum absolute atomic E-state index is 11.3. The first-order chi connectivity index (χ1) is 12.6. The number of benzene rings is 2. The van der Waals surface area contributed by atoms with Gasteiger partial charge in [-0.05, 0) is 66.6 Å². The number of phenols is 1. The Morgan fingerprint density at radius 3 is 2.73 bits per heavy atom. The van der Waals surface area contributed by atoms with Crippen LogP contribution in [0.15, 0.2) is 48.5 Å². The van der Waals surface area contributed by atoms with Crippen molar-refractivity contribution in [2.45, 2.75) is 25.3 Å². The van der Waals surface area contributed by atoms with E-state index in [-0.39, 0.29) is 6.04 Å². The van der Waals surface area contributed by atoms with Crippen molar-refractivity contribution in [2.75, 3.05) is 13.1 Å². The molecule has 1 aliphatic rings. The molecule has 3 aromatic rings. The highest BCUT2D eigenvalue weighted by Crippen LogP contribution is 2.35. The number of carboxylic acid groups (broad SMARTS) is 1. The summed E-state index contributed by atoms with van der Waals surface area (Å²) in [6.07, 6.45) is 2.59. The van der Waals surface area contributed by atoms with Gasteiger partial charge in [0.1, 0.15) is 11.8 Å². The topological polar surface area (TPSA) is 60.8 Å². The summed E-state index contributed by atoms with van der Waals surface area (Å²) in [4.78, 5) is 14.5. The number of fused-ring (bicyclic) bond motifs is 1. The van der Waals surface area contributed by atoms with Crippen molar-refractivity contribution < 1.29 is 15.0 Å². The molecule has 1 atom stereocenters. The Kier molecular flexibility index (Phi) is 4.66. The smallest absolute Gasteiger partial charge is 0.320 e. The van der Waals surface area contributed by atoms with E-state index in [0.29, 0.717) is 5.75 Å². The predicted molar refractivity (Wildman–Crippen MR) is 105 cm³/mol. The van der Waals surface area contributed by atoms with Crippen molar-refractivity contribution in [2.24, 2.45) is 0 Å². The number of thiophene rings is 1. The Morgan fingerprint density at radius 1 is 1.15 bits per heavy atom. The molecule has 26 heavy (non-hydrogen) atoms. The molecule has 0 amide bonds. The van der Waals surface area contributed by atoms with Crippen LogP contribution in [0.2, 0.25) is 0 Å². The Hall–Kier alpha value is -2.37. The molecule has 1 aromatic heterocycles. The summed E-state index contributed by atoms with van der Waals surface area (Å²) in [5.41, 5.74) is 2.39. The summed E-state index contributed by atoms with van der Waals surface area (Å²) >= 11 is 1.67. The number of rotatable bonds is 5. The number of hydrogen-bond donors (Lipinski definition) is 2. The van der Waals surface area contributed by atoms with Crippen LogP contribution in [0, 0.1) is 0 Å². The second kappa shape index (κ2) is 7.09. The van der Waals surface area contributed by atoms with Crippen LogP contribution in [0.1, 0.15) is 18.4 Å². The van der Waals surface area contributed by atoms with E-state index in [9.17, 15) is 15.0 Å². The molecule has 5 heteroatoms. The molecule has 2 aromatic carbocycles. The number of aromatic hydroxyl groups is 1. The number of carbonyl (C=O) groups is 1. The Labute approximate surface area is 156 Å². The third-order valence-corrected chi connectivity index (χ3v) is 6.23. The van der Waals surface area contributed by atoms with Crippen molar-refractivity contribution in [1.29, 1.82) is 0 Å². The van der Waals surface area contributed by atoms with Gasteiger partial charge in [0.2, 0.25) is 0 Å². The van der Waals surface area contributed by atoms with Gasteiger partial charge < -0.3 is 10.2 Å². The minimum Gasteiger partial charge on any atom is -0.508 e. The first kappa shape index (κ1) is 17.1. The Balaban J connectivity index is 1.45. The van der Waals surface area contributed by atoms with Crippen LogP contribution in [0.3, 0.4) is 0 Å². The van der Waals surface area contributed by atoms with Crippen LogP contribution < -0.4 is 0 Å². The van der Waals surface area contributed by atoms with Gasteiger partial charge in [-0.3, -0.25) is 9.69 Å². The highest BCUT2D eigenvalue weighted by atomic mass is 32.1. The maximum atomic E-state index is 11.3. The molecule has 4 nitrogen and oxygen atoms in total. The van der Waals surface area contributed by atoms with Crippen LogP contribution in [0.4, 0.5) is 0 Å². The fourth-order valence-corrected chi connectivity index (χ4v) is 4.75. The van der Waals surface area contributed by atoms with Gasteiger partial charge in [-0.25, -0.2) is 0 Å². The second-order valence-electron chi connectivity index (χ2n) is 6.81. The van der Waals surface area contributed by atoms with Crippen molar-refractivity contribution in [3.63, 3.8) is 0 Å². The van der Waals surface area contributed by atoms with E-state index in [2.05, 4.69) is 35.2 Å². The average molecular weight is 367 g/mol. The fourth-order valence-electron chi connectivity index (χ4n) is 3.64. The Bertz CT molecular complexity index is 932. The molecule has 0 spiro atoms. The van der Waals surface area contributed by atoms with Crippen LogP contribution in [0.5, 0.6) is 5.75 Å². The van der Waals surface area contributed by atoms with Gasteiger partial charge in [-0.15, -0.1) is 11.3 Å². The largest absolute Gasteiger partial charge is 0.508 e. The average Bonchev–Trinajstić information content (AvgIpc) is 3.26. The number of aliphatic carboxylic acids is 1. The van der Waals surface area contributed by atoms with Crippen LogP contribution in [-0.2, 0) is 11.2 Å². The summed E-state index contributed by atoms with van der Waals surface area (Å²) in [5, 5.41) is 20.0. The quantitative estimate of drug-likeness (QED) is 0.703. The van der Waals surface area contributed by atoms with Gasteiger partial charge in [0, 0.05) is 16.1 Å². The van der Waals surface area contributed by atoms with Crippen molar-refractivity contribution in [3.05, 3.63) is 54.1 Å². The summed E-state index contributed by atoms with van der Waals surface area (Å²) in [7, 11) is 0. The molecule has 2 heterocycles. The molecule has 0 aliphatic carbocycles. The summed E-state index contributed by atoms with van der Waals surface area (Å²) in [5.74, 6) is -0.406. The first-order valence-electron chi connectivity index (χ1n) is 8.89. The molecule has 134 valence electrons. The minimum absolute atomic E-state index is 0.294. The maximum Gasteiger partial charge on any atom is 0.320 e. The lowest BCUT2D eigenvalue weighted by atomic mass is 10.1. The van der Waals surface area contributed by atoms with E-state index in [1.54, 1.807) is 23.5 Å². The molecule has 1 saturated heterocycles. The van der Waals surface area contributed by atoms with Crippen LogP contribution >= 0.6 is 11.3 Å². The SMILES string of the molecule is O=C(O)C1CCCN1CCc1ccc(-c2cc3ccc(O)cc3s2)cc1. The van der Waals surface area contributed by atoms with Gasteiger partial charge in [0.25, 0.3) is 0 Å². The molecule has 1 unspecified atom stereocenters. The van der Waals surface area contributed by atoms with Gasteiger partial charge >= 0.3 is 5.97 Å². The van der Waals surface area contributed by atoms with E-state index < -0.39 is 5.97 Å². The minimum atomic E-state index is -0.700. The summed E-state index contributed by atoms with van der Waals surface area (Å²) < 4.78 is 1.08. The van der Waals surface area contributed by atoms with Crippen molar-refractivity contribution >= 4 is 27.4 Å². The zero-order valence-electron chi connectivity index (χ0n) is 14.4. The van der Waals surface area contributed by atoms with E-state index >= 15 is 0 Å². The zero-order chi connectivity index (χ0) is 18.1. The number of nitrogens with zero attached hydrogens (tertiary/aromatic N) is 1. The third kappa shape index (κ3) is 3.45. The van der Waals surface area contributed by atoms with E-state index in [0.717, 1.165) is 42.4 Å². The normalized spacial score (nSPS) is 17.8. The molecule has 4 rings (SSSR count). The lowest BCUT2D eigenvalue weighted by molar-refractivity contribution is -0.142. The van der Waals surface area contributed by atoms with Gasteiger partial charge in [0.05, 0.1) is 0 Å². The summed E-state index contributed by atoms with van der Waals surface area (Å²) in [6.45, 7) is 1.67. The number of carboxylic acids is 1. The monoisotopic (exact) mass is 367 g/mol. The predicted octanol–water partition coefficient (Wildman–Crippen LogP) is 4.37. The van der Waals surface area contributed by atoms with Gasteiger partial charge in [-0.2, -0.15) is 0 Å². The highest BCUT2D eigenvalue weighted by Gasteiger charge is 2.29. The lowest BCUT2D eigenvalue weighted by Gasteiger charge is -2.20. The molecule has 0 bridgehead atoms. The molecule has 2 N–H and O–H groups in total. The van der Waals surface area contributed by atoms with Crippen LogP contribution in [-0.4, -0.2) is 40.2 Å². The zero-order valence-corrected chi connectivity index (χ0v) is 15.2. The third-order valence-electron chi connectivity index (χ3n) is 5.08. The number of phenolic OH excluding ortho intramolecular Hbond substituents is 1. The molecular weight excluding hydrogens is 346 g/mol. The van der Waals surface area contributed by atoms with E-state index in [1.165, 1.54) is 16.0 Å². The lowest BCUT2D eigenvalue weighted by Crippen LogP contribution is -2.37. The van der Waals surface area contributed by atoms with Crippen molar-refractivity contribution in [1.82, 2.24) is 4.90 Å². The Morgan fingerprint density at radius 2 is 1.96 bits per heavy atom. The standard InChI is InChI=1S/C21H21NO3S/c23-17-8-7-16-12-19(26-20(16)13-17)15-5-3-14(4-6-15)9-11-22-10-1-2-18(22)21(24)25/h3-8,12-13,18,23H,1-2,9-11H2,(H,24,25). The number of hydrogen-bond acceptors (Lipinski definition) is 4. The van der Waals surface area contributed by atoms with E-state index in [4.69, 9.17) is 0 Å². The molecule has 0 radical (unpaired) electrons. The van der Waals surface area contributed by atoms with Crippen molar-refractivity contribution in [3.8, 4) is 16.2 Å². The van der Waals surface area contributed by atoms with E-state index in [1.807, 2.05) is 6.07 Å². The molecule has 1 fully saturated rings. The molecule has 0 saturated carbocycles. The number of likely N-dealkylation sites (tertiary alicyclic amines) is 1. The first-order valence-corrected chi connectivity index (χ1v) is 9.70. The highest BCUT2D eigenvalue weighted by molar-refractivity contribution is 7.22.